The van der Waals surface area contributed by atoms with Crippen LogP contribution in [-0.4, -0.2) is 28.7 Å². The van der Waals surface area contributed by atoms with E-state index >= 15 is 0 Å². The van der Waals surface area contributed by atoms with Gasteiger partial charge in [0.2, 0.25) is 5.91 Å². The fourth-order valence-corrected chi connectivity index (χ4v) is 2.93. The molecule has 1 aromatic heterocycles. The van der Waals surface area contributed by atoms with Crippen molar-refractivity contribution in [1.82, 2.24) is 9.78 Å². The lowest BCUT2D eigenvalue weighted by Crippen LogP contribution is -2.16. The lowest BCUT2D eigenvalue weighted by atomic mass is 10.2. The third-order valence-corrected chi connectivity index (χ3v) is 4.33. The minimum atomic E-state index is -0.356. The Bertz CT molecular complexity index is 1050. The van der Waals surface area contributed by atoms with Gasteiger partial charge in [0.05, 0.1) is 41.6 Å². The average Bonchev–Trinajstić information content (AvgIpc) is 3.04. The Hall–Kier alpha value is -3.32. The minimum absolute atomic E-state index is 0.245. The van der Waals surface area contributed by atoms with Gasteiger partial charge in [0.15, 0.2) is 0 Å². The quantitative estimate of drug-likeness (QED) is 0.678. The molecule has 0 aliphatic carbocycles. The minimum Gasteiger partial charge on any atom is -0.497 e. The molecule has 0 aliphatic heterocycles. The number of aromatic nitrogens is 2. The summed E-state index contributed by atoms with van der Waals surface area (Å²) in [7, 11) is 1.53. The summed E-state index contributed by atoms with van der Waals surface area (Å²) in [6, 6.07) is 12.2. The van der Waals surface area contributed by atoms with E-state index in [1.807, 2.05) is 12.1 Å². The Kier molecular flexibility index (Phi) is 5.65. The molecule has 3 rings (SSSR count). The van der Waals surface area contributed by atoms with Gasteiger partial charge in [-0.2, -0.15) is 5.10 Å². The van der Waals surface area contributed by atoms with Crippen LogP contribution < -0.4 is 15.4 Å². The molecule has 0 atom stereocenters. The van der Waals surface area contributed by atoms with Crippen LogP contribution in [0.3, 0.4) is 0 Å². The highest BCUT2D eigenvalue weighted by atomic mass is 35.5. The van der Waals surface area contributed by atoms with E-state index in [-0.39, 0.29) is 11.8 Å². The normalized spacial score (nSPS) is 10.4. The van der Waals surface area contributed by atoms with Crippen molar-refractivity contribution in [2.75, 3.05) is 17.7 Å². The van der Waals surface area contributed by atoms with Gasteiger partial charge in [0.25, 0.3) is 5.91 Å². The van der Waals surface area contributed by atoms with E-state index in [1.165, 1.54) is 20.2 Å². The summed E-state index contributed by atoms with van der Waals surface area (Å²) in [5.74, 6) is -0.0491. The summed E-state index contributed by atoms with van der Waals surface area (Å²) in [4.78, 5) is 24.3. The van der Waals surface area contributed by atoms with Crippen LogP contribution >= 0.6 is 11.6 Å². The van der Waals surface area contributed by atoms with E-state index in [4.69, 9.17) is 16.3 Å². The van der Waals surface area contributed by atoms with Crippen molar-refractivity contribution in [2.45, 2.75) is 13.8 Å². The number of anilines is 2. The molecule has 144 valence electrons. The Labute approximate surface area is 167 Å². The zero-order valence-corrected chi connectivity index (χ0v) is 16.4. The maximum atomic E-state index is 12.8. The molecule has 0 aliphatic rings. The van der Waals surface area contributed by atoms with Crippen molar-refractivity contribution in [3.05, 3.63) is 64.9 Å². The lowest BCUT2D eigenvalue weighted by Gasteiger charge is -2.13. The zero-order chi connectivity index (χ0) is 20.3. The molecule has 7 nitrogen and oxygen atoms in total. The van der Waals surface area contributed by atoms with E-state index in [2.05, 4.69) is 15.7 Å². The van der Waals surface area contributed by atoms with E-state index < -0.39 is 0 Å². The molecule has 0 saturated heterocycles. The second-order valence-electron chi connectivity index (χ2n) is 6.08. The fourth-order valence-electron chi connectivity index (χ4n) is 2.74. The molecular weight excluding hydrogens is 380 g/mol. The zero-order valence-electron chi connectivity index (χ0n) is 15.6. The number of ether oxygens (including phenoxy) is 1. The summed E-state index contributed by atoms with van der Waals surface area (Å²) in [5.41, 5.74) is 2.71. The molecule has 0 saturated carbocycles. The first-order valence-corrected chi connectivity index (χ1v) is 8.84. The van der Waals surface area contributed by atoms with E-state index in [1.54, 1.807) is 41.9 Å². The van der Waals surface area contributed by atoms with Crippen molar-refractivity contribution in [1.29, 1.82) is 0 Å². The Morgan fingerprint density at radius 3 is 2.57 bits per heavy atom. The molecule has 1 heterocycles. The van der Waals surface area contributed by atoms with Gasteiger partial charge in [-0.3, -0.25) is 9.59 Å². The summed E-state index contributed by atoms with van der Waals surface area (Å²) in [5, 5.41) is 10.4. The molecular formula is C20H19ClN4O3. The van der Waals surface area contributed by atoms with Crippen LogP contribution in [0.25, 0.3) is 5.69 Å². The first-order valence-electron chi connectivity index (χ1n) is 8.46. The van der Waals surface area contributed by atoms with Gasteiger partial charge in [-0.15, -0.1) is 0 Å². The number of nitrogens with one attached hydrogen (secondary N) is 2. The number of nitrogens with zero attached hydrogens (tertiary/aromatic N) is 2. The van der Waals surface area contributed by atoms with Crippen LogP contribution in [0.2, 0.25) is 5.02 Å². The molecule has 0 bridgehead atoms. The maximum absolute atomic E-state index is 12.8. The molecule has 3 aromatic rings. The van der Waals surface area contributed by atoms with Gasteiger partial charge < -0.3 is 15.4 Å². The Morgan fingerprint density at radius 2 is 1.89 bits per heavy atom. The third-order valence-electron chi connectivity index (χ3n) is 4.09. The maximum Gasteiger partial charge on any atom is 0.259 e. The second kappa shape index (κ2) is 8.14. The van der Waals surface area contributed by atoms with Crippen molar-refractivity contribution in [3.63, 3.8) is 0 Å². The topological polar surface area (TPSA) is 85.2 Å². The second-order valence-corrected chi connectivity index (χ2v) is 6.52. The molecule has 2 N–H and O–H groups in total. The molecule has 0 spiro atoms. The Morgan fingerprint density at radius 1 is 1.11 bits per heavy atom. The average molecular weight is 399 g/mol. The molecule has 28 heavy (non-hydrogen) atoms. The van der Waals surface area contributed by atoms with Crippen LogP contribution in [0.15, 0.2) is 48.7 Å². The van der Waals surface area contributed by atoms with Crippen LogP contribution in [-0.2, 0) is 4.79 Å². The van der Waals surface area contributed by atoms with Gasteiger partial charge >= 0.3 is 0 Å². The molecule has 0 fully saturated rings. The highest BCUT2D eigenvalue weighted by Gasteiger charge is 2.17. The summed E-state index contributed by atoms with van der Waals surface area (Å²) >= 11 is 6.04. The van der Waals surface area contributed by atoms with Crippen LogP contribution in [0.1, 0.15) is 23.0 Å². The number of hydrogen-bond acceptors (Lipinski definition) is 4. The number of halogens is 1. The summed E-state index contributed by atoms with van der Waals surface area (Å²) in [6.45, 7) is 3.19. The van der Waals surface area contributed by atoms with Gasteiger partial charge in [-0.05, 0) is 37.3 Å². The fraction of sp³-hybridized carbons (Fsp3) is 0.150. The van der Waals surface area contributed by atoms with Crippen molar-refractivity contribution >= 4 is 34.8 Å². The van der Waals surface area contributed by atoms with E-state index in [0.717, 1.165) is 5.69 Å². The van der Waals surface area contributed by atoms with E-state index in [0.29, 0.717) is 33.4 Å². The molecule has 2 amide bonds. The smallest absolute Gasteiger partial charge is 0.259 e. The van der Waals surface area contributed by atoms with Gasteiger partial charge in [-0.1, -0.05) is 17.7 Å². The standard InChI is InChI=1S/C20H19ClN4O3/c1-12-17(11-22-25(12)15-6-4-5-14(21)9-15)20(27)24-19-10-16(28-3)7-8-18(19)23-13(2)26/h4-11H,1-3H3,(H,23,26)(H,24,27). The molecule has 2 aromatic carbocycles. The largest absolute Gasteiger partial charge is 0.497 e. The first-order chi connectivity index (χ1) is 13.4. The van der Waals surface area contributed by atoms with Crippen molar-refractivity contribution < 1.29 is 14.3 Å². The van der Waals surface area contributed by atoms with Crippen LogP contribution in [0.4, 0.5) is 11.4 Å². The van der Waals surface area contributed by atoms with Crippen molar-refractivity contribution in [2.24, 2.45) is 0 Å². The predicted molar refractivity (Wildman–Crippen MR) is 109 cm³/mol. The lowest BCUT2D eigenvalue weighted by molar-refractivity contribution is -0.114. The number of methoxy groups -OCH3 is 1. The number of rotatable bonds is 5. The molecule has 0 radical (unpaired) electrons. The monoisotopic (exact) mass is 398 g/mol. The van der Waals surface area contributed by atoms with Crippen molar-refractivity contribution in [3.8, 4) is 11.4 Å². The number of amides is 2. The number of carbonyl (C=O) groups excluding carboxylic acids is 2. The third kappa shape index (κ3) is 4.15. The highest BCUT2D eigenvalue weighted by molar-refractivity contribution is 6.30. The summed E-state index contributed by atoms with van der Waals surface area (Å²) in [6.07, 6.45) is 1.49. The van der Waals surface area contributed by atoms with Crippen LogP contribution in [0, 0.1) is 6.92 Å². The SMILES string of the molecule is COc1ccc(NC(C)=O)c(NC(=O)c2cnn(-c3cccc(Cl)c3)c2C)c1. The highest BCUT2D eigenvalue weighted by Crippen LogP contribution is 2.28. The number of benzene rings is 2. The number of carbonyl (C=O) groups is 2. The number of hydrogen-bond donors (Lipinski definition) is 2. The van der Waals surface area contributed by atoms with Gasteiger partial charge in [0.1, 0.15) is 5.75 Å². The van der Waals surface area contributed by atoms with Gasteiger partial charge in [0, 0.05) is 18.0 Å². The summed E-state index contributed by atoms with van der Waals surface area (Å²) < 4.78 is 6.85. The Balaban J connectivity index is 1.91. The molecule has 8 heteroatoms. The predicted octanol–water partition coefficient (Wildman–Crippen LogP) is 4.05. The first kappa shape index (κ1) is 19.4. The van der Waals surface area contributed by atoms with E-state index in [9.17, 15) is 9.59 Å². The van der Waals surface area contributed by atoms with Gasteiger partial charge in [-0.25, -0.2) is 4.68 Å². The molecule has 0 unspecified atom stereocenters. The van der Waals surface area contributed by atoms with Crippen LogP contribution in [0.5, 0.6) is 5.75 Å².